The second kappa shape index (κ2) is 10.9. The lowest BCUT2D eigenvalue weighted by Crippen LogP contribution is -2.45. The number of nitrogens with one attached hydrogen (secondary N) is 1. The molecule has 1 saturated carbocycles. The number of aryl methyl sites for hydroxylation is 1. The highest BCUT2D eigenvalue weighted by atomic mass is 32.2. The minimum atomic E-state index is -5.57. The topological polar surface area (TPSA) is 84.2 Å². The van der Waals surface area contributed by atoms with Crippen LogP contribution in [-0.2, 0) is 22.9 Å². The molecule has 3 aromatic rings. The number of alkyl halides is 6. The van der Waals surface area contributed by atoms with Crippen LogP contribution in [0.3, 0.4) is 0 Å². The fraction of sp³-hybridized carbons (Fsp3) is 0.414. The van der Waals surface area contributed by atoms with Crippen molar-refractivity contribution in [2.75, 3.05) is 5.75 Å². The average molecular weight is 650 g/mol. The summed E-state index contributed by atoms with van der Waals surface area (Å²) in [6, 6.07) is 5.31. The second-order valence-corrected chi connectivity index (χ2v) is 13.2. The largest absolute Gasteiger partial charge is 0.408 e. The van der Waals surface area contributed by atoms with Crippen molar-refractivity contribution in [1.82, 2.24) is 14.5 Å². The van der Waals surface area contributed by atoms with Crippen LogP contribution in [0.5, 0.6) is 0 Å². The summed E-state index contributed by atoms with van der Waals surface area (Å²) in [4.78, 5) is 0. The fourth-order valence-electron chi connectivity index (χ4n) is 6.31. The molecule has 2 N–H and O–H groups in total. The van der Waals surface area contributed by atoms with Gasteiger partial charge in [0, 0.05) is 11.0 Å². The van der Waals surface area contributed by atoms with Crippen LogP contribution in [0.25, 0.3) is 11.8 Å². The number of aliphatic hydroxyl groups is 1. The summed E-state index contributed by atoms with van der Waals surface area (Å²) in [5.74, 6) is -4.45. The van der Waals surface area contributed by atoms with Gasteiger partial charge in [0.1, 0.15) is 17.7 Å². The maximum absolute atomic E-state index is 15.0. The lowest BCUT2D eigenvalue weighted by atomic mass is 9.65. The fourth-order valence-corrected chi connectivity index (χ4v) is 7.43. The number of rotatable bonds is 8. The predicted molar refractivity (Wildman–Crippen MR) is 144 cm³/mol. The van der Waals surface area contributed by atoms with Gasteiger partial charge in [-0.2, -0.15) is 36.2 Å². The molecule has 0 amide bonds. The Kier molecular flexibility index (Phi) is 7.99. The van der Waals surface area contributed by atoms with Crippen LogP contribution in [0.2, 0.25) is 0 Å². The molecule has 5 rings (SSSR count). The first-order chi connectivity index (χ1) is 20.3. The summed E-state index contributed by atoms with van der Waals surface area (Å²) in [5, 5.41) is 16.3. The van der Waals surface area contributed by atoms with Crippen LogP contribution in [0.4, 0.5) is 35.1 Å². The van der Waals surface area contributed by atoms with Crippen molar-refractivity contribution < 1.29 is 48.6 Å². The van der Waals surface area contributed by atoms with Gasteiger partial charge in [0.15, 0.2) is 5.75 Å². The summed E-state index contributed by atoms with van der Waals surface area (Å²) in [5.41, 5.74) is -0.863. The van der Waals surface area contributed by atoms with Gasteiger partial charge < -0.3 is 5.11 Å². The summed E-state index contributed by atoms with van der Waals surface area (Å²) >= 11 is 0. The smallest absolute Gasteiger partial charge is 0.389 e. The number of halogens is 8. The lowest BCUT2D eigenvalue weighted by molar-refractivity contribution is -0.154. The molecule has 0 unspecified atom stereocenters. The minimum absolute atomic E-state index is 0.154. The molecule has 0 radical (unpaired) electrons. The van der Waals surface area contributed by atoms with E-state index in [1.165, 1.54) is 12.1 Å². The van der Waals surface area contributed by atoms with Crippen molar-refractivity contribution in [1.29, 1.82) is 0 Å². The zero-order chi connectivity index (χ0) is 32.3. The van der Waals surface area contributed by atoms with Crippen molar-refractivity contribution in [2.24, 2.45) is 5.41 Å². The molecule has 2 aromatic carbocycles. The molecule has 2 aliphatic rings. The zero-order valence-electron chi connectivity index (χ0n) is 23.1. The number of hydrogen-bond acceptors (Lipinski definition) is 4. The van der Waals surface area contributed by atoms with E-state index < -0.39 is 62.4 Å². The summed E-state index contributed by atoms with van der Waals surface area (Å²) in [7, 11) is -5.57. The van der Waals surface area contributed by atoms with Gasteiger partial charge in [-0.05, 0) is 79.6 Å². The van der Waals surface area contributed by atoms with Crippen LogP contribution in [0.1, 0.15) is 54.6 Å². The zero-order valence-corrected chi connectivity index (χ0v) is 23.9. The molecule has 15 heteroatoms. The Morgan fingerprint density at radius 3 is 2.39 bits per heavy atom. The first kappa shape index (κ1) is 32.1. The van der Waals surface area contributed by atoms with E-state index in [2.05, 4.69) is 5.10 Å². The van der Waals surface area contributed by atoms with Crippen molar-refractivity contribution >= 4 is 16.1 Å². The highest BCUT2D eigenvalue weighted by molar-refractivity contribution is 7.89. The normalized spacial score (nSPS) is 22.8. The first-order valence-electron chi connectivity index (χ1n) is 13.5. The molecule has 0 bridgehead atoms. The maximum Gasteiger partial charge on any atom is 0.408 e. The van der Waals surface area contributed by atoms with E-state index in [9.17, 15) is 48.6 Å². The van der Waals surface area contributed by atoms with E-state index in [0.29, 0.717) is 24.6 Å². The molecule has 6 nitrogen and oxygen atoms in total. The standard InChI is InChI=1S/C29H27F8N3O3S/c1-26-14-18-15-38-40(21-7-5-20(30)6-8-21)23(18)13-19(26)10-12-27(26,41)11-9-17-3-2-4-22(31)24(17)25(29(35,36)37)39-44(42,43)16-28(32,33)34/h2-8,13,15,25,39,41H,9-12,14,16H2,1H3/t25-,26+,27+/m1/s1. The van der Waals surface area contributed by atoms with Gasteiger partial charge in [-0.1, -0.05) is 24.6 Å². The van der Waals surface area contributed by atoms with Gasteiger partial charge in [-0.25, -0.2) is 21.9 Å². The quantitative estimate of drug-likeness (QED) is 0.279. The average Bonchev–Trinajstić information content (AvgIpc) is 3.41. The molecular formula is C29H27F8N3O3S. The van der Waals surface area contributed by atoms with Crippen LogP contribution in [-0.4, -0.2) is 47.0 Å². The van der Waals surface area contributed by atoms with Gasteiger partial charge in [-0.15, -0.1) is 0 Å². The van der Waals surface area contributed by atoms with Crippen LogP contribution in [0.15, 0.2) is 54.2 Å². The molecule has 1 heterocycles. The second-order valence-electron chi connectivity index (χ2n) is 11.4. The Labute approximate surface area is 247 Å². The minimum Gasteiger partial charge on any atom is -0.389 e. The SMILES string of the molecule is C[C@]12Cc3cnn(-c4ccc(F)cc4)c3C=C1CC[C@@]2(O)CCc1cccc(F)c1[C@@H](NS(=O)(=O)CC(F)(F)F)C(F)(F)F. The van der Waals surface area contributed by atoms with Gasteiger partial charge in [0.05, 0.1) is 23.2 Å². The molecular weight excluding hydrogens is 622 g/mol. The first-order valence-corrected chi connectivity index (χ1v) is 15.1. The molecule has 0 spiro atoms. The van der Waals surface area contributed by atoms with E-state index in [1.54, 1.807) is 29.9 Å². The van der Waals surface area contributed by atoms with E-state index in [1.807, 2.05) is 6.08 Å². The molecule has 0 aliphatic heterocycles. The predicted octanol–water partition coefficient (Wildman–Crippen LogP) is 6.34. The molecule has 1 aromatic heterocycles. The monoisotopic (exact) mass is 649 g/mol. The molecule has 238 valence electrons. The highest BCUT2D eigenvalue weighted by Gasteiger charge is 2.55. The summed E-state index contributed by atoms with van der Waals surface area (Å²) in [6.07, 6.45) is -6.86. The number of hydrogen-bond donors (Lipinski definition) is 2. The van der Waals surface area contributed by atoms with E-state index in [-0.39, 0.29) is 24.8 Å². The third kappa shape index (κ3) is 6.13. The number of benzene rings is 2. The van der Waals surface area contributed by atoms with Gasteiger partial charge in [0.2, 0.25) is 10.0 Å². The van der Waals surface area contributed by atoms with Gasteiger partial charge in [-0.3, -0.25) is 0 Å². The van der Waals surface area contributed by atoms with Gasteiger partial charge in [0.25, 0.3) is 0 Å². The van der Waals surface area contributed by atoms with Crippen LogP contribution >= 0.6 is 0 Å². The molecule has 1 fully saturated rings. The summed E-state index contributed by atoms with van der Waals surface area (Å²) < 4.78 is 135. The van der Waals surface area contributed by atoms with Crippen molar-refractivity contribution in [3.63, 3.8) is 0 Å². The number of aromatic nitrogens is 2. The maximum atomic E-state index is 15.0. The summed E-state index contributed by atoms with van der Waals surface area (Å²) in [6.45, 7) is 1.81. The third-order valence-corrected chi connectivity index (χ3v) is 9.88. The highest BCUT2D eigenvalue weighted by Crippen LogP contribution is 2.57. The Morgan fingerprint density at radius 1 is 1.07 bits per heavy atom. The van der Waals surface area contributed by atoms with Crippen LogP contribution < -0.4 is 4.72 Å². The lowest BCUT2D eigenvalue weighted by Gasteiger charge is -2.42. The Balaban J connectivity index is 1.43. The molecule has 2 aliphatic carbocycles. The van der Waals surface area contributed by atoms with Crippen molar-refractivity contribution in [3.05, 3.63) is 88.3 Å². The van der Waals surface area contributed by atoms with E-state index in [4.69, 9.17) is 0 Å². The van der Waals surface area contributed by atoms with Gasteiger partial charge >= 0.3 is 12.4 Å². The molecule has 44 heavy (non-hydrogen) atoms. The molecule has 3 atom stereocenters. The van der Waals surface area contributed by atoms with E-state index >= 15 is 0 Å². The Bertz CT molecular complexity index is 1700. The number of nitrogens with zero attached hydrogens (tertiary/aromatic N) is 2. The van der Waals surface area contributed by atoms with Crippen molar-refractivity contribution in [3.8, 4) is 5.69 Å². The number of sulfonamides is 1. The Hall–Kier alpha value is -3.30. The molecule has 0 saturated heterocycles. The van der Waals surface area contributed by atoms with Crippen molar-refractivity contribution in [2.45, 2.75) is 63.0 Å². The number of fused-ring (bicyclic) bond motifs is 2. The Morgan fingerprint density at radius 2 is 1.75 bits per heavy atom. The van der Waals surface area contributed by atoms with E-state index in [0.717, 1.165) is 33.7 Å². The van der Waals surface area contributed by atoms with Crippen LogP contribution in [0, 0.1) is 17.0 Å². The third-order valence-electron chi connectivity index (χ3n) is 8.57.